The molecule has 2 aromatic rings. The minimum atomic E-state index is -0.495. The van der Waals surface area contributed by atoms with Gasteiger partial charge in [0.2, 0.25) is 5.91 Å². The van der Waals surface area contributed by atoms with Crippen molar-refractivity contribution in [2.24, 2.45) is 0 Å². The number of nitrogens with one attached hydrogen (secondary N) is 2. The second kappa shape index (κ2) is 7.33. The summed E-state index contributed by atoms with van der Waals surface area (Å²) in [6.45, 7) is 2.09. The molecule has 0 aliphatic heterocycles. The molecule has 2 N–H and O–H groups in total. The highest BCUT2D eigenvalue weighted by Gasteiger charge is 2.10. The van der Waals surface area contributed by atoms with Crippen LogP contribution in [0.4, 0.5) is 11.4 Å². The largest absolute Gasteiger partial charge is 0.325 e. The van der Waals surface area contributed by atoms with E-state index in [1.165, 1.54) is 18.2 Å². The zero-order valence-electron chi connectivity index (χ0n) is 12.2. The zero-order chi connectivity index (χ0) is 15.9. The Hall–Kier alpha value is -2.73. The van der Waals surface area contributed by atoms with Gasteiger partial charge in [-0.15, -0.1) is 0 Å². The normalized spacial score (nSPS) is 11.7. The summed E-state index contributed by atoms with van der Waals surface area (Å²) in [7, 11) is 0. The van der Waals surface area contributed by atoms with Gasteiger partial charge < -0.3 is 10.6 Å². The molecule has 114 valence electrons. The Kier molecular flexibility index (Phi) is 5.21. The van der Waals surface area contributed by atoms with Gasteiger partial charge in [0.05, 0.1) is 11.5 Å². The lowest BCUT2D eigenvalue weighted by atomic mass is 10.1. The average Bonchev–Trinajstić information content (AvgIpc) is 2.53. The van der Waals surface area contributed by atoms with Crippen molar-refractivity contribution in [3.8, 4) is 0 Å². The number of carbonyl (C=O) groups excluding carboxylic acids is 1. The van der Waals surface area contributed by atoms with Gasteiger partial charge in [0.25, 0.3) is 5.69 Å². The van der Waals surface area contributed by atoms with E-state index in [0.29, 0.717) is 5.69 Å². The molecule has 0 spiro atoms. The van der Waals surface area contributed by atoms with Crippen molar-refractivity contribution >= 4 is 17.3 Å². The van der Waals surface area contributed by atoms with Crippen molar-refractivity contribution in [1.29, 1.82) is 0 Å². The highest BCUT2D eigenvalue weighted by molar-refractivity contribution is 5.92. The van der Waals surface area contributed by atoms with E-state index in [1.807, 2.05) is 37.3 Å². The van der Waals surface area contributed by atoms with Gasteiger partial charge in [0, 0.05) is 23.9 Å². The summed E-state index contributed by atoms with van der Waals surface area (Å²) in [5.41, 5.74) is 1.45. The fraction of sp³-hybridized carbons (Fsp3) is 0.188. The Labute approximate surface area is 128 Å². The van der Waals surface area contributed by atoms with Crippen molar-refractivity contribution in [2.75, 3.05) is 11.9 Å². The lowest BCUT2D eigenvalue weighted by Crippen LogP contribution is -2.30. The molecule has 0 aliphatic rings. The van der Waals surface area contributed by atoms with Gasteiger partial charge in [-0.2, -0.15) is 0 Å². The number of non-ortho nitro benzene ring substituents is 1. The van der Waals surface area contributed by atoms with Crippen molar-refractivity contribution < 1.29 is 9.72 Å². The van der Waals surface area contributed by atoms with E-state index < -0.39 is 4.92 Å². The lowest BCUT2D eigenvalue weighted by Gasteiger charge is -2.14. The second-order valence-electron chi connectivity index (χ2n) is 4.87. The molecule has 2 rings (SSSR count). The van der Waals surface area contributed by atoms with Gasteiger partial charge in [-0.05, 0) is 18.6 Å². The van der Waals surface area contributed by atoms with Crippen LogP contribution in [0.1, 0.15) is 18.5 Å². The molecule has 0 heterocycles. The lowest BCUT2D eigenvalue weighted by molar-refractivity contribution is -0.384. The number of hydrogen-bond acceptors (Lipinski definition) is 4. The highest BCUT2D eigenvalue weighted by atomic mass is 16.6. The van der Waals surface area contributed by atoms with Crippen LogP contribution >= 0.6 is 0 Å². The third-order valence-corrected chi connectivity index (χ3v) is 3.21. The first-order valence-corrected chi connectivity index (χ1v) is 6.89. The topological polar surface area (TPSA) is 84.3 Å². The third-order valence-electron chi connectivity index (χ3n) is 3.21. The molecular formula is C16H17N3O3. The van der Waals surface area contributed by atoms with Crippen LogP contribution in [0.5, 0.6) is 0 Å². The number of carbonyl (C=O) groups is 1. The molecule has 2 aromatic carbocycles. The number of rotatable bonds is 6. The smallest absolute Gasteiger partial charge is 0.271 e. The quantitative estimate of drug-likeness (QED) is 0.634. The summed E-state index contributed by atoms with van der Waals surface area (Å²) in [6.07, 6.45) is 0. The van der Waals surface area contributed by atoms with E-state index >= 15 is 0 Å². The van der Waals surface area contributed by atoms with Crippen molar-refractivity contribution in [1.82, 2.24) is 5.32 Å². The summed E-state index contributed by atoms with van der Waals surface area (Å²) < 4.78 is 0. The van der Waals surface area contributed by atoms with E-state index in [9.17, 15) is 14.9 Å². The van der Waals surface area contributed by atoms with Crippen LogP contribution in [0.25, 0.3) is 0 Å². The number of anilines is 1. The fourth-order valence-electron chi connectivity index (χ4n) is 2.01. The molecule has 1 atom stereocenters. The molecule has 0 unspecified atom stereocenters. The number of nitro groups is 1. The first-order chi connectivity index (χ1) is 10.6. The van der Waals surface area contributed by atoms with Crippen LogP contribution < -0.4 is 10.6 Å². The van der Waals surface area contributed by atoms with E-state index in [1.54, 1.807) is 6.07 Å². The number of nitrogens with zero attached hydrogens (tertiary/aromatic N) is 1. The summed E-state index contributed by atoms with van der Waals surface area (Å²) in [6, 6.07) is 15.7. The maximum atomic E-state index is 11.9. The Balaban J connectivity index is 1.88. The van der Waals surface area contributed by atoms with Crippen LogP contribution in [0, 0.1) is 10.1 Å². The summed E-state index contributed by atoms with van der Waals surface area (Å²) in [5, 5.41) is 16.4. The van der Waals surface area contributed by atoms with Gasteiger partial charge in [0.1, 0.15) is 0 Å². The van der Waals surface area contributed by atoms with Crippen LogP contribution in [-0.2, 0) is 4.79 Å². The molecule has 0 saturated carbocycles. The maximum absolute atomic E-state index is 11.9. The number of nitro benzene ring substituents is 1. The molecule has 6 nitrogen and oxygen atoms in total. The van der Waals surface area contributed by atoms with Crippen LogP contribution in [0.3, 0.4) is 0 Å². The predicted octanol–water partition coefficient (Wildman–Crippen LogP) is 2.88. The Morgan fingerprint density at radius 3 is 2.59 bits per heavy atom. The molecule has 22 heavy (non-hydrogen) atoms. The van der Waals surface area contributed by atoms with Gasteiger partial charge >= 0.3 is 0 Å². The second-order valence-corrected chi connectivity index (χ2v) is 4.87. The van der Waals surface area contributed by atoms with E-state index in [-0.39, 0.29) is 24.2 Å². The van der Waals surface area contributed by atoms with Gasteiger partial charge in [-0.3, -0.25) is 14.9 Å². The van der Waals surface area contributed by atoms with Crippen molar-refractivity contribution in [3.63, 3.8) is 0 Å². The molecule has 0 radical (unpaired) electrons. The van der Waals surface area contributed by atoms with E-state index in [4.69, 9.17) is 0 Å². The SMILES string of the molecule is C[C@H](NCC(=O)Nc1cccc([N+](=O)[O-])c1)c1ccccc1. The average molecular weight is 299 g/mol. The standard InChI is InChI=1S/C16H17N3O3/c1-12(13-6-3-2-4-7-13)17-11-16(20)18-14-8-5-9-15(10-14)19(21)22/h2-10,12,17H,11H2,1H3,(H,18,20)/t12-/m0/s1. The molecule has 0 aromatic heterocycles. The molecule has 6 heteroatoms. The first kappa shape index (κ1) is 15.7. The van der Waals surface area contributed by atoms with Crippen molar-refractivity contribution in [2.45, 2.75) is 13.0 Å². The molecule has 0 aliphatic carbocycles. The summed E-state index contributed by atoms with van der Waals surface area (Å²) in [4.78, 5) is 22.1. The molecule has 1 amide bonds. The molecule has 0 saturated heterocycles. The van der Waals surface area contributed by atoms with E-state index in [2.05, 4.69) is 10.6 Å². The highest BCUT2D eigenvalue weighted by Crippen LogP contribution is 2.17. The van der Waals surface area contributed by atoms with Gasteiger partial charge in [-0.25, -0.2) is 0 Å². The Bertz CT molecular complexity index is 659. The summed E-state index contributed by atoms with van der Waals surface area (Å²) >= 11 is 0. The minimum absolute atomic E-state index is 0.0389. The predicted molar refractivity (Wildman–Crippen MR) is 84.6 cm³/mol. The first-order valence-electron chi connectivity index (χ1n) is 6.89. The Morgan fingerprint density at radius 2 is 1.91 bits per heavy atom. The number of amides is 1. The fourth-order valence-corrected chi connectivity index (χ4v) is 2.01. The Morgan fingerprint density at radius 1 is 1.18 bits per heavy atom. The summed E-state index contributed by atoms with van der Waals surface area (Å²) in [5.74, 6) is -0.247. The van der Waals surface area contributed by atoms with Crippen LogP contribution in [0.2, 0.25) is 0 Å². The molecular weight excluding hydrogens is 282 g/mol. The minimum Gasteiger partial charge on any atom is -0.325 e. The molecule has 0 fully saturated rings. The van der Waals surface area contributed by atoms with Gasteiger partial charge in [0.15, 0.2) is 0 Å². The van der Waals surface area contributed by atoms with Crippen molar-refractivity contribution in [3.05, 3.63) is 70.3 Å². The third kappa shape index (κ3) is 4.39. The monoisotopic (exact) mass is 299 g/mol. The van der Waals surface area contributed by atoms with Crippen LogP contribution in [0.15, 0.2) is 54.6 Å². The van der Waals surface area contributed by atoms with Crippen LogP contribution in [-0.4, -0.2) is 17.4 Å². The number of hydrogen-bond donors (Lipinski definition) is 2. The van der Waals surface area contributed by atoms with E-state index in [0.717, 1.165) is 5.56 Å². The number of benzene rings is 2. The van der Waals surface area contributed by atoms with Gasteiger partial charge in [-0.1, -0.05) is 36.4 Å². The molecule has 0 bridgehead atoms. The zero-order valence-corrected chi connectivity index (χ0v) is 12.2. The maximum Gasteiger partial charge on any atom is 0.271 e.